The Balaban J connectivity index is 1.26. The van der Waals surface area contributed by atoms with E-state index in [2.05, 4.69) is 39.5 Å². The van der Waals surface area contributed by atoms with Gasteiger partial charge in [-0.2, -0.15) is 0 Å². The molecule has 1 saturated heterocycles. The van der Waals surface area contributed by atoms with Gasteiger partial charge in [0.1, 0.15) is 6.26 Å². The highest BCUT2D eigenvalue weighted by Gasteiger charge is 2.12. The molecule has 3 aromatic rings. The highest BCUT2D eigenvalue weighted by atomic mass is 16.3. The Morgan fingerprint density at radius 1 is 1.00 bits per heavy atom. The molecular formula is C23H25N3O2. The monoisotopic (exact) mass is 375 g/mol. The van der Waals surface area contributed by atoms with Crippen molar-refractivity contribution in [3.63, 3.8) is 0 Å². The lowest BCUT2D eigenvalue weighted by molar-refractivity contribution is -0.120. The molecule has 1 aromatic heterocycles. The summed E-state index contributed by atoms with van der Waals surface area (Å²) in [6, 6.07) is 18.2. The zero-order chi connectivity index (χ0) is 19.2. The van der Waals surface area contributed by atoms with Gasteiger partial charge in [0.25, 0.3) is 0 Å². The average molecular weight is 375 g/mol. The molecule has 4 rings (SSSR count). The van der Waals surface area contributed by atoms with Gasteiger partial charge in [0.05, 0.1) is 12.1 Å². The fourth-order valence-electron chi connectivity index (χ4n) is 3.49. The maximum absolute atomic E-state index is 12.2. The molecule has 1 amide bonds. The number of nitrogens with one attached hydrogen (secondary N) is 1. The number of carbonyl (C=O) groups excluding carboxylic acids is 1. The van der Waals surface area contributed by atoms with Gasteiger partial charge in [-0.15, -0.1) is 0 Å². The summed E-state index contributed by atoms with van der Waals surface area (Å²) in [5.41, 5.74) is 3.97. The third-order valence-corrected chi connectivity index (χ3v) is 5.03. The molecule has 1 aliphatic heterocycles. The molecule has 0 atom stereocenters. The van der Waals surface area contributed by atoms with Crippen molar-refractivity contribution in [2.75, 3.05) is 13.1 Å². The third-order valence-electron chi connectivity index (χ3n) is 5.03. The van der Waals surface area contributed by atoms with E-state index in [4.69, 9.17) is 4.42 Å². The quantitative estimate of drug-likeness (QED) is 0.682. The first-order valence-electron chi connectivity index (χ1n) is 9.83. The minimum Gasteiger partial charge on any atom is -0.444 e. The van der Waals surface area contributed by atoms with E-state index in [0.717, 1.165) is 17.7 Å². The molecule has 0 spiro atoms. The molecule has 5 nitrogen and oxygen atoms in total. The summed E-state index contributed by atoms with van der Waals surface area (Å²) >= 11 is 0. The number of rotatable bonds is 7. The summed E-state index contributed by atoms with van der Waals surface area (Å²) in [5.74, 6) is 0.478. The lowest BCUT2D eigenvalue weighted by Crippen LogP contribution is -2.24. The lowest BCUT2D eigenvalue weighted by Gasteiger charge is -2.14. The number of amides is 1. The molecule has 1 aliphatic rings. The van der Waals surface area contributed by atoms with Crippen molar-refractivity contribution in [3.05, 3.63) is 77.7 Å². The van der Waals surface area contributed by atoms with Gasteiger partial charge in [0.2, 0.25) is 11.8 Å². The molecule has 0 saturated carbocycles. The summed E-state index contributed by atoms with van der Waals surface area (Å²) in [7, 11) is 0. The van der Waals surface area contributed by atoms with Crippen molar-refractivity contribution >= 4 is 5.91 Å². The first-order chi connectivity index (χ1) is 13.8. The normalized spacial score (nSPS) is 14.3. The van der Waals surface area contributed by atoms with Crippen LogP contribution in [0.25, 0.3) is 11.5 Å². The van der Waals surface area contributed by atoms with Crippen molar-refractivity contribution in [3.8, 4) is 11.5 Å². The topological polar surface area (TPSA) is 58.4 Å². The van der Waals surface area contributed by atoms with Crippen LogP contribution in [0.2, 0.25) is 0 Å². The van der Waals surface area contributed by atoms with E-state index >= 15 is 0 Å². The van der Waals surface area contributed by atoms with Gasteiger partial charge < -0.3 is 9.73 Å². The molecule has 0 radical (unpaired) electrons. The van der Waals surface area contributed by atoms with Crippen LogP contribution in [-0.4, -0.2) is 28.9 Å². The zero-order valence-corrected chi connectivity index (χ0v) is 15.9. The Morgan fingerprint density at radius 3 is 2.46 bits per heavy atom. The van der Waals surface area contributed by atoms with Gasteiger partial charge in [-0.3, -0.25) is 9.69 Å². The predicted octanol–water partition coefficient (Wildman–Crippen LogP) is 3.80. The van der Waals surface area contributed by atoms with E-state index < -0.39 is 0 Å². The highest BCUT2D eigenvalue weighted by Crippen LogP contribution is 2.18. The Morgan fingerprint density at radius 2 is 1.71 bits per heavy atom. The zero-order valence-electron chi connectivity index (χ0n) is 15.9. The van der Waals surface area contributed by atoms with Crippen LogP contribution in [0.5, 0.6) is 0 Å². The van der Waals surface area contributed by atoms with Gasteiger partial charge in [0.15, 0.2) is 0 Å². The number of carbonyl (C=O) groups is 1. The minimum atomic E-state index is -0.0611. The molecular weight excluding hydrogens is 350 g/mol. The fourth-order valence-corrected chi connectivity index (χ4v) is 3.49. The third kappa shape index (κ3) is 4.87. The minimum absolute atomic E-state index is 0.0611. The highest BCUT2D eigenvalue weighted by molar-refractivity contribution is 5.78. The number of benzene rings is 2. The molecule has 144 valence electrons. The second kappa shape index (κ2) is 8.85. The van der Waals surface area contributed by atoms with Crippen LogP contribution in [0.4, 0.5) is 0 Å². The maximum Gasteiger partial charge on any atom is 0.226 e. The van der Waals surface area contributed by atoms with E-state index in [0.29, 0.717) is 18.1 Å². The number of hydrogen-bond donors (Lipinski definition) is 1. The molecule has 0 unspecified atom stereocenters. The van der Waals surface area contributed by atoms with E-state index in [-0.39, 0.29) is 12.3 Å². The Kier molecular flexibility index (Phi) is 5.83. The molecule has 28 heavy (non-hydrogen) atoms. The van der Waals surface area contributed by atoms with Crippen molar-refractivity contribution in [1.82, 2.24) is 15.2 Å². The Bertz CT molecular complexity index is 897. The molecule has 0 aliphatic carbocycles. The molecule has 1 N–H and O–H groups in total. The number of likely N-dealkylation sites (tertiary alicyclic amines) is 1. The van der Waals surface area contributed by atoms with Crippen LogP contribution in [0.1, 0.15) is 29.7 Å². The van der Waals surface area contributed by atoms with Crippen molar-refractivity contribution in [1.29, 1.82) is 0 Å². The van der Waals surface area contributed by atoms with E-state index in [9.17, 15) is 4.79 Å². The summed E-state index contributed by atoms with van der Waals surface area (Å²) in [6.07, 6.45) is 4.38. The Hall–Kier alpha value is -2.92. The SMILES string of the molecule is O=C(Cc1coc(-c2ccccc2)n1)NCc1ccc(CN2CCCC2)cc1. The maximum atomic E-state index is 12.2. The molecule has 2 aromatic carbocycles. The summed E-state index contributed by atoms with van der Waals surface area (Å²) in [6.45, 7) is 3.94. The first kappa shape index (κ1) is 18.4. The van der Waals surface area contributed by atoms with Gasteiger partial charge >= 0.3 is 0 Å². The second-order valence-electron chi connectivity index (χ2n) is 7.26. The largest absolute Gasteiger partial charge is 0.444 e. The molecule has 5 heteroatoms. The second-order valence-corrected chi connectivity index (χ2v) is 7.26. The first-order valence-corrected chi connectivity index (χ1v) is 9.83. The fraction of sp³-hybridized carbons (Fsp3) is 0.304. The molecule has 0 bridgehead atoms. The Labute approximate surface area is 165 Å². The van der Waals surface area contributed by atoms with Crippen LogP contribution in [0, 0.1) is 0 Å². The summed E-state index contributed by atoms with van der Waals surface area (Å²) in [4.78, 5) is 19.1. The smallest absolute Gasteiger partial charge is 0.226 e. The van der Waals surface area contributed by atoms with E-state index in [1.54, 1.807) is 6.26 Å². The van der Waals surface area contributed by atoms with Gasteiger partial charge in [-0.05, 0) is 49.2 Å². The van der Waals surface area contributed by atoms with E-state index in [1.165, 1.54) is 31.5 Å². The number of oxazole rings is 1. The van der Waals surface area contributed by atoms with Gasteiger partial charge in [0, 0.05) is 18.7 Å². The number of aromatic nitrogens is 1. The standard InChI is InChI=1S/C23H25N3O2/c27-22(14-21-17-28-23(25-21)20-6-2-1-3-7-20)24-15-18-8-10-19(11-9-18)16-26-12-4-5-13-26/h1-3,6-11,17H,4-5,12-16H2,(H,24,27). The van der Waals surface area contributed by atoms with Crippen LogP contribution >= 0.6 is 0 Å². The van der Waals surface area contributed by atoms with Crippen LogP contribution < -0.4 is 5.32 Å². The van der Waals surface area contributed by atoms with Crippen LogP contribution in [0.3, 0.4) is 0 Å². The van der Waals surface area contributed by atoms with Crippen LogP contribution in [0.15, 0.2) is 65.3 Å². The van der Waals surface area contributed by atoms with Gasteiger partial charge in [-0.25, -0.2) is 4.98 Å². The summed E-state index contributed by atoms with van der Waals surface area (Å²) < 4.78 is 5.49. The molecule has 1 fully saturated rings. The number of nitrogens with zero attached hydrogens (tertiary/aromatic N) is 2. The van der Waals surface area contributed by atoms with Crippen molar-refractivity contribution < 1.29 is 9.21 Å². The summed E-state index contributed by atoms with van der Waals surface area (Å²) in [5, 5.41) is 2.96. The predicted molar refractivity (Wildman–Crippen MR) is 108 cm³/mol. The average Bonchev–Trinajstić information content (AvgIpc) is 3.40. The van der Waals surface area contributed by atoms with Crippen molar-refractivity contribution in [2.45, 2.75) is 32.4 Å². The lowest BCUT2D eigenvalue weighted by atomic mass is 10.1. The van der Waals surface area contributed by atoms with Crippen LogP contribution in [-0.2, 0) is 24.3 Å². The van der Waals surface area contributed by atoms with E-state index in [1.807, 2.05) is 30.3 Å². The van der Waals surface area contributed by atoms with Crippen molar-refractivity contribution in [2.24, 2.45) is 0 Å². The molecule has 2 heterocycles. The van der Waals surface area contributed by atoms with Gasteiger partial charge in [-0.1, -0.05) is 42.5 Å². The number of hydrogen-bond acceptors (Lipinski definition) is 4.